The zero-order valence-corrected chi connectivity index (χ0v) is 11.1. The molecule has 0 aliphatic carbocycles. The van der Waals surface area contributed by atoms with Gasteiger partial charge in [0.05, 0.1) is 11.6 Å². The van der Waals surface area contributed by atoms with Crippen LogP contribution in [0.1, 0.15) is 35.0 Å². The van der Waals surface area contributed by atoms with E-state index in [0.29, 0.717) is 12.1 Å². The van der Waals surface area contributed by atoms with E-state index >= 15 is 0 Å². The van der Waals surface area contributed by atoms with Gasteiger partial charge in [0.1, 0.15) is 11.8 Å². The van der Waals surface area contributed by atoms with Gasteiger partial charge < -0.3 is 4.57 Å². The Morgan fingerprint density at radius 3 is 2.32 bits per heavy atom. The van der Waals surface area contributed by atoms with E-state index in [1.807, 2.05) is 23.6 Å². The molecule has 0 unspecified atom stereocenters. The average Bonchev–Trinajstić information content (AvgIpc) is 2.75. The minimum atomic E-state index is 0.655. The predicted octanol–water partition coefficient (Wildman–Crippen LogP) is 3.15. The molecule has 0 saturated heterocycles. The van der Waals surface area contributed by atoms with E-state index in [2.05, 4.69) is 25.1 Å². The number of hydrogen-bond acceptors (Lipinski definition) is 2. The maximum Gasteiger partial charge on any atom is 0.123 e. The molecule has 0 atom stereocenters. The highest BCUT2D eigenvalue weighted by Crippen LogP contribution is 2.18. The molecule has 0 fully saturated rings. The van der Waals surface area contributed by atoms with Crippen LogP contribution in [0.25, 0.3) is 0 Å². The van der Waals surface area contributed by atoms with Gasteiger partial charge in [0.15, 0.2) is 0 Å². The summed E-state index contributed by atoms with van der Waals surface area (Å²) in [6, 6.07) is 14.0. The average molecular weight is 249 g/mol. The van der Waals surface area contributed by atoms with E-state index in [0.717, 1.165) is 28.9 Å². The van der Waals surface area contributed by atoms with Crippen molar-refractivity contribution < 1.29 is 0 Å². The first-order chi connectivity index (χ1) is 9.19. The molecule has 0 amide bonds. The molecule has 1 aromatic heterocycles. The Bertz CT molecular complexity index is 664. The number of benzene rings is 1. The predicted molar refractivity (Wildman–Crippen MR) is 73.5 cm³/mol. The molecule has 2 aromatic rings. The second-order valence-electron chi connectivity index (χ2n) is 4.52. The van der Waals surface area contributed by atoms with E-state index in [1.54, 1.807) is 12.1 Å². The van der Waals surface area contributed by atoms with Crippen molar-refractivity contribution in [3.8, 4) is 12.1 Å². The largest absolute Gasteiger partial charge is 0.332 e. The van der Waals surface area contributed by atoms with Crippen LogP contribution < -0.4 is 0 Å². The van der Waals surface area contributed by atoms with E-state index < -0.39 is 0 Å². The van der Waals surface area contributed by atoms with Crippen molar-refractivity contribution in [2.24, 2.45) is 0 Å². The van der Waals surface area contributed by atoms with Gasteiger partial charge in [0.25, 0.3) is 0 Å². The maximum atomic E-state index is 9.29. The molecule has 0 saturated carbocycles. The minimum Gasteiger partial charge on any atom is -0.332 e. The van der Waals surface area contributed by atoms with Crippen LogP contribution in [0.5, 0.6) is 0 Å². The Morgan fingerprint density at radius 1 is 1.11 bits per heavy atom. The molecule has 3 nitrogen and oxygen atoms in total. The first-order valence-electron chi connectivity index (χ1n) is 6.27. The third kappa shape index (κ3) is 2.51. The first kappa shape index (κ1) is 12.9. The monoisotopic (exact) mass is 249 g/mol. The summed E-state index contributed by atoms with van der Waals surface area (Å²) in [5, 5.41) is 18.1. The van der Waals surface area contributed by atoms with Gasteiger partial charge in [-0.2, -0.15) is 10.5 Å². The van der Waals surface area contributed by atoms with Crippen LogP contribution >= 0.6 is 0 Å². The van der Waals surface area contributed by atoms with Crippen LogP contribution in [0, 0.1) is 29.6 Å². The van der Waals surface area contributed by atoms with Gasteiger partial charge in [-0.3, -0.25) is 0 Å². The highest BCUT2D eigenvalue weighted by molar-refractivity contribution is 5.38. The minimum absolute atomic E-state index is 0.655. The van der Waals surface area contributed by atoms with Gasteiger partial charge >= 0.3 is 0 Å². The van der Waals surface area contributed by atoms with E-state index in [4.69, 9.17) is 5.26 Å². The van der Waals surface area contributed by atoms with Crippen molar-refractivity contribution in [2.45, 2.75) is 26.8 Å². The highest BCUT2D eigenvalue weighted by atomic mass is 15.0. The zero-order valence-electron chi connectivity index (χ0n) is 11.1. The molecule has 0 aliphatic heterocycles. The Kier molecular flexibility index (Phi) is 3.68. The molecule has 0 aliphatic rings. The summed E-state index contributed by atoms with van der Waals surface area (Å²) in [7, 11) is 0. The van der Waals surface area contributed by atoms with Crippen molar-refractivity contribution in [3.05, 3.63) is 58.4 Å². The van der Waals surface area contributed by atoms with E-state index in [9.17, 15) is 5.26 Å². The molecule has 1 heterocycles. The highest BCUT2D eigenvalue weighted by Gasteiger charge is 2.11. The summed E-state index contributed by atoms with van der Waals surface area (Å²) in [5.41, 5.74) is 4.68. The van der Waals surface area contributed by atoms with Gasteiger partial charge in [-0.25, -0.2) is 0 Å². The Labute approximate surface area is 113 Å². The summed E-state index contributed by atoms with van der Waals surface area (Å²) in [5.74, 6) is 0. The van der Waals surface area contributed by atoms with Crippen LogP contribution in [0.2, 0.25) is 0 Å². The summed E-state index contributed by atoms with van der Waals surface area (Å²) in [4.78, 5) is 0. The Hall–Kier alpha value is -2.52. The van der Waals surface area contributed by atoms with Crippen LogP contribution in [-0.4, -0.2) is 4.57 Å². The fourth-order valence-electron chi connectivity index (χ4n) is 2.22. The van der Waals surface area contributed by atoms with Gasteiger partial charge in [0.2, 0.25) is 0 Å². The number of aryl methyl sites for hydroxylation is 2. The second kappa shape index (κ2) is 5.42. The first-order valence-corrected chi connectivity index (χ1v) is 6.27. The van der Waals surface area contributed by atoms with Crippen LogP contribution in [0.15, 0.2) is 30.3 Å². The number of rotatable bonds is 3. The number of nitriles is 2. The van der Waals surface area contributed by atoms with E-state index in [-0.39, 0.29) is 0 Å². The van der Waals surface area contributed by atoms with Crippen LogP contribution in [0.3, 0.4) is 0 Å². The molecular formula is C16H15N3. The molecule has 3 heteroatoms. The molecule has 0 radical (unpaired) electrons. The summed E-state index contributed by atoms with van der Waals surface area (Å²) in [6.07, 6.45) is 0.865. The SMILES string of the molecule is CCc1cc(C)n(Cc2ccc(C#N)cc2)c1C#N. The molecule has 94 valence electrons. The lowest BCUT2D eigenvalue weighted by molar-refractivity contribution is 0.761. The summed E-state index contributed by atoms with van der Waals surface area (Å²) < 4.78 is 2.03. The van der Waals surface area contributed by atoms with Crippen molar-refractivity contribution >= 4 is 0 Å². The smallest absolute Gasteiger partial charge is 0.123 e. The lowest BCUT2D eigenvalue weighted by atomic mass is 10.1. The molecule has 1 aromatic carbocycles. The second-order valence-corrected chi connectivity index (χ2v) is 4.52. The Balaban J connectivity index is 2.35. The maximum absolute atomic E-state index is 9.29. The molecule has 2 rings (SSSR count). The summed E-state index contributed by atoms with van der Waals surface area (Å²) in [6.45, 7) is 4.74. The number of aromatic nitrogens is 1. The van der Waals surface area contributed by atoms with Gasteiger partial charge in [-0.05, 0) is 42.7 Å². The topological polar surface area (TPSA) is 52.5 Å². The zero-order chi connectivity index (χ0) is 13.8. The summed E-state index contributed by atoms with van der Waals surface area (Å²) >= 11 is 0. The third-order valence-corrected chi connectivity index (χ3v) is 3.29. The fraction of sp³-hybridized carbons (Fsp3) is 0.250. The van der Waals surface area contributed by atoms with Crippen LogP contribution in [0.4, 0.5) is 0 Å². The lowest BCUT2D eigenvalue weighted by Crippen LogP contribution is -2.05. The van der Waals surface area contributed by atoms with E-state index in [1.165, 1.54) is 0 Å². The molecule has 0 bridgehead atoms. The third-order valence-electron chi connectivity index (χ3n) is 3.29. The van der Waals surface area contributed by atoms with Gasteiger partial charge in [-0.1, -0.05) is 19.1 Å². The molecule has 0 spiro atoms. The lowest BCUT2D eigenvalue weighted by Gasteiger charge is -2.08. The van der Waals surface area contributed by atoms with Crippen molar-refractivity contribution in [3.63, 3.8) is 0 Å². The molecular weight excluding hydrogens is 234 g/mol. The molecule has 19 heavy (non-hydrogen) atoms. The van der Waals surface area contributed by atoms with Crippen molar-refractivity contribution in [1.29, 1.82) is 10.5 Å². The normalized spacial score (nSPS) is 9.89. The van der Waals surface area contributed by atoms with Crippen molar-refractivity contribution in [1.82, 2.24) is 4.57 Å². The number of hydrogen-bond donors (Lipinski definition) is 0. The van der Waals surface area contributed by atoms with Gasteiger partial charge in [0, 0.05) is 12.2 Å². The fourth-order valence-corrected chi connectivity index (χ4v) is 2.22. The van der Waals surface area contributed by atoms with Crippen LogP contribution in [-0.2, 0) is 13.0 Å². The quantitative estimate of drug-likeness (QED) is 0.839. The van der Waals surface area contributed by atoms with Crippen molar-refractivity contribution in [2.75, 3.05) is 0 Å². The Morgan fingerprint density at radius 2 is 1.79 bits per heavy atom. The number of nitrogens with zero attached hydrogens (tertiary/aromatic N) is 3. The standard InChI is InChI=1S/C16H15N3/c1-3-15-8-12(2)19(16(15)10-18)11-14-6-4-13(9-17)5-7-14/h4-8H,3,11H2,1-2H3. The van der Waals surface area contributed by atoms with Gasteiger partial charge in [-0.15, -0.1) is 0 Å². The molecule has 0 N–H and O–H groups in total.